The summed E-state index contributed by atoms with van der Waals surface area (Å²) in [6.07, 6.45) is 1.10. The van der Waals surface area contributed by atoms with E-state index in [0.717, 1.165) is 0 Å². The highest BCUT2D eigenvalue weighted by atomic mass is 16.4. The second kappa shape index (κ2) is 24.7. The molecule has 328 valence electrons. The summed E-state index contributed by atoms with van der Waals surface area (Å²) in [5.41, 5.74) is 22.6. The third kappa shape index (κ3) is 17.6. The fourth-order valence-corrected chi connectivity index (χ4v) is 6.49. The van der Waals surface area contributed by atoms with Crippen molar-refractivity contribution in [3.05, 3.63) is 29.8 Å². The Morgan fingerprint density at radius 3 is 1.85 bits per heavy atom. The number of hydrogen-bond acceptors (Lipinski definition) is 11. The topological polar surface area (TPSA) is 357 Å². The summed E-state index contributed by atoms with van der Waals surface area (Å²) in [6.45, 7) is 5.63. The van der Waals surface area contributed by atoms with Crippen LogP contribution in [0.4, 0.5) is 0 Å². The van der Waals surface area contributed by atoms with Gasteiger partial charge in [0, 0.05) is 26.4 Å². The van der Waals surface area contributed by atoms with Crippen LogP contribution in [0.2, 0.25) is 0 Å². The van der Waals surface area contributed by atoms with Crippen LogP contribution in [-0.4, -0.2) is 124 Å². The van der Waals surface area contributed by atoms with E-state index in [2.05, 4.69) is 31.6 Å². The molecule has 0 aliphatic carbocycles. The SMILES string of the molecule is CC(=O)N1CCC[C@H]1C(=O)N[C@@H](CC(=O)O)C(=O)N[C@@H](CCCN=C(N)N)C(=O)N[C@@H](Cc1ccc(O)cc1)C(=O)N[C@@H](CCCCN)C(=O)N[C@@H](CC(C)C)C(N)=O. The van der Waals surface area contributed by atoms with Crippen LogP contribution < -0.4 is 49.5 Å². The van der Waals surface area contributed by atoms with E-state index in [4.69, 9.17) is 22.9 Å². The number of rotatable bonds is 25. The van der Waals surface area contributed by atoms with Gasteiger partial charge in [0.05, 0.1) is 6.42 Å². The monoisotopic (exact) mass is 831 g/mol. The van der Waals surface area contributed by atoms with E-state index in [1.165, 1.54) is 36.1 Å². The molecule has 21 nitrogen and oxygen atoms in total. The maximum atomic E-state index is 14.1. The van der Waals surface area contributed by atoms with Gasteiger partial charge in [-0.3, -0.25) is 43.3 Å². The Labute approximate surface area is 343 Å². The largest absolute Gasteiger partial charge is 0.508 e. The highest BCUT2D eigenvalue weighted by molar-refractivity contribution is 5.98. The zero-order chi connectivity index (χ0) is 44.2. The van der Waals surface area contributed by atoms with Crippen molar-refractivity contribution in [3.8, 4) is 5.75 Å². The smallest absolute Gasteiger partial charge is 0.305 e. The number of carbonyl (C=O) groups is 8. The number of likely N-dealkylation sites (tertiary alicyclic amines) is 1. The minimum absolute atomic E-state index is 0.00375. The highest BCUT2D eigenvalue weighted by Crippen LogP contribution is 2.18. The van der Waals surface area contributed by atoms with Gasteiger partial charge in [0.2, 0.25) is 41.4 Å². The van der Waals surface area contributed by atoms with E-state index in [1.807, 2.05) is 13.8 Å². The van der Waals surface area contributed by atoms with Crippen molar-refractivity contribution in [2.45, 2.75) is 121 Å². The van der Waals surface area contributed by atoms with Gasteiger partial charge in [-0.05, 0) is 81.5 Å². The molecule has 1 aliphatic rings. The number of aromatic hydroxyl groups is 1. The molecule has 2 rings (SSSR count). The van der Waals surface area contributed by atoms with Crippen molar-refractivity contribution >= 4 is 53.3 Å². The van der Waals surface area contributed by atoms with Gasteiger partial charge in [0.1, 0.15) is 42.0 Å². The number of nitrogens with one attached hydrogen (secondary N) is 5. The number of carboxylic acids is 1. The van der Waals surface area contributed by atoms with Crippen molar-refractivity contribution in [3.63, 3.8) is 0 Å². The summed E-state index contributed by atoms with van der Waals surface area (Å²) in [5, 5.41) is 32.3. The van der Waals surface area contributed by atoms with Crippen LogP contribution in [0.3, 0.4) is 0 Å². The third-order valence-electron chi connectivity index (χ3n) is 9.51. The van der Waals surface area contributed by atoms with E-state index < -0.39 is 84.1 Å². The molecule has 59 heavy (non-hydrogen) atoms. The second-order valence-electron chi connectivity index (χ2n) is 14.9. The van der Waals surface area contributed by atoms with E-state index in [1.54, 1.807) is 0 Å². The number of benzene rings is 1. The predicted octanol–water partition coefficient (Wildman–Crippen LogP) is -2.44. The molecule has 0 aromatic heterocycles. The first-order valence-electron chi connectivity index (χ1n) is 19.7. The highest BCUT2D eigenvalue weighted by Gasteiger charge is 2.37. The van der Waals surface area contributed by atoms with Crippen molar-refractivity contribution in [2.75, 3.05) is 19.6 Å². The number of phenols is 1. The van der Waals surface area contributed by atoms with Gasteiger partial charge >= 0.3 is 5.97 Å². The van der Waals surface area contributed by atoms with Crippen LogP contribution in [0.1, 0.15) is 84.1 Å². The van der Waals surface area contributed by atoms with Gasteiger partial charge in [0.25, 0.3) is 0 Å². The van der Waals surface area contributed by atoms with Crippen molar-refractivity contribution in [1.29, 1.82) is 0 Å². The van der Waals surface area contributed by atoms with Crippen LogP contribution in [0.5, 0.6) is 5.75 Å². The molecule has 1 heterocycles. The predicted molar refractivity (Wildman–Crippen MR) is 216 cm³/mol. The molecule has 6 atom stereocenters. The summed E-state index contributed by atoms with van der Waals surface area (Å²) in [4.78, 5) is 110. The van der Waals surface area contributed by atoms with Crippen LogP contribution >= 0.6 is 0 Å². The van der Waals surface area contributed by atoms with Gasteiger partial charge in [-0.25, -0.2) is 0 Å². The molecule has 1 aromatic carbocycles. The number of aliphatic carboxylic acids is 1. The zero-order valence-electron chi connectivity index (χ0n) is 33.9. The van der Waals surface area contributed by atoms with Gasteiger partial charge in [-0.2, -0.15) is 0 Å². The molecule has 1 fully saturated rings. The maximum Gasteiger partial charge on any atom is 0.305 e. The molecular weight excluding hydrogens is 770 g/mol. The van der Waals surface area contributed by atoms with Crippen molar-refractivity contribution in [2.24, 2.45) is 33.8 Å². The molecule has 21 heteroatoms. The number of nitrogens with zero attached hydrogens (tertiary/aromatic N) is 2. The standard InChI is InChI=1S/C38H61N11O10/c1-21(2)18-27(32(40)54)46-33(55)25(8-4-5-15-39)44-35(57)28(19-23-11-13-24(51)14-12-23)47-34(56)26(9-6-16-43-38(41)42)45-36(58)29(20-31(52)53)48-37(59)30-10-7-17-49(30)22(3)50/h11-14,21,25-30,51H,4-10,15-20,39H2,1-3H3,(H2,40,54)(H,44,57)(H,45,58)(H,46,55)(H,47,56)(H,48,59)(H,52,53)(H4,41,42,43)/t25-,26-,27-,28-,29-,30-/m0/s1. The van der Waals surface area contributed by atoms with Gasteiger partial charge in [-0.1, -0.05) is 26.0 Å². The fourth-order valence-electron chi connectivity index (χ4n) is 6.49. The second-order valence-corrected chi connectivity index (χ2v) is 14.9. The number of carboxylic acid groups (broad SMARTS) is 1. The summed E-state index contributed by atoms with van der Waals surface area (Å²) in [7, 11) is 0. The number of amides is 7. The molecule has 15 N–H and O–H groups in total. The van der Waals surface area contributed by atoms with Crippen molar-refractivity contribution in [1.82, 2.24) is 31.5 Å². The van der Waals surface area contributed by atoms with Gasteiger partial charge in [0.15, 0.2) is 5.96 Å². The molecule has 0 spiro atoms. The first-order chi connectivity index (χ1) is 27.8. The Kier molecular flexibility index (Phi) is 20.6. The van der Waals surface area contributed by atoms with Crippen molar-refractivity contribution < 1.29 is 48.6 Å². The number of primary amides is 1. The minimum Gasteiger partial charge on any atom is -0.508 e. The summed E-state index contributed by atoms with van der Waals surface area (Å²) in [5.74, 6) is -7.02. The van der Waals surface area contributed by atoms with Crippen LogP contribution in [0, 0.1) is 5.92 Å². The number of nitrogens with two attached hydrogens (primary N) is 4. The summed E-state index contributed by atoms with van der Waals surface area (Å²) < 4.78 is 0. The Balaban J connectivity index is 2.45. The lowest BCUT2D eigenvalue weighted by Crippen LogP contribution is -2.60. The molecule has 1 aromatic rings. The van der Waals surface area contributed by atoms with Crippen LogP contribution in [0.15, 0.2) is 29.3 Å². The molecule has 1 saturated heterocycles. The average molecular weight is 832 g/mol. The first kappa shape index (κ1) is 49.2. The Morgan fingerprint density at radius 1 is 0.780 bits per heavy atom. The van der Waals surface area contributed by atoms with E-state index in [9.17, 15) is 48.6 Å². The first-order valence-corrected chi connectivity index (χ1v) is 19.7. The number of guanidine groups is 1. The van der Waals surface area contributed by atoms with Crippen LogP contribution in [-0.2, 0) is 44.8 Å². The fraction of sp³-hybridized carbons (Fsp3) is 0.605. The van der Waals surface area contributed by atoms with Gasteiger partial charge < -0.3 is 64.6 Å². The maximum absolute atomic E-state index is 14.1. The third-order valence-corrected chi connectivity index (χ3v) is 9.51. The normalized spacial score (nSPS) is 16.1. The molecule has 0 radical (unpaired) electrons. The Bertz CT molecular complexity index is 1650. The molecule has 7 amide bonds. The molecule has 1 aliphatic heterocycles. The van der Waals surface area contributed by atoms with Gasteiger partial charge in [-0.15, -0.1) is 0 Å². The zero-order valence-corrected chi connectivity index (χ0v) is 33.9. The Hall–Kier alpha value is -5.99. The lowest BCUT2D eigenvalue weighted by Gasteiger charge is -2.28. The quantitative estimate of drug-likeness (QED) is 0.0278. The molecule has 0 unspecified atom stereocenters. The number of hydrogen-bond donors (Lipinski definition) is 11. The lowest BCUT2D eigenvalue weighted by molar-refractivity contribution is -0.142. The summed E-state index contributed by atoms with van der Waals surface area (Å²) in [6, 6.07) is -1.84. The number of carbonyl (C=O) groups excluding carboxylic acids is 7. The molecular formula is C38H61N11O10. The van der Waals surface area contributed by atoms with Crippen LogP contribution in [0.25, 0.3) is 0 Å². The van der Waals surface area contributed by atoms with E-state index >= 15 is 0 Å². The average Bonchev–Trinajstić information content (AvgIpc) is 3.66. The number of aliphatic imine (C=N–C) groups is 1. The Morgan fingerprint density at radius 2 is 1.32 bits per heavy atom. The summed E-state index contributed by atoms with van der Waals surface area (Å²) >= 11 is 0. The lowest BCUT2D eigenvalue weighted by atomic mass is 10.0. The molecule has 0 bridgehead atoms. The minimum atomic E-state index is -1.66. The number of phenolic OH excluding ortho intramolecular Hbond substituents is 1. The van der Waals surface area contributed by atoms with E-state index in [-0.39, 0.29) is 62.2 Å². The molecule has 0 saturated carbocycles. The number of unbranched alkanes of at least 4 members (excludes halogenated alkanes) is 1. The van der Waals surface area contributed by atoms with E-state index in [0.29, 0.717) is 44.3 Å².